The molecule has 0 aromatic heterocycles. The van der Waals surface area contributed by atoms with Crippen molar-refractivity contribution in [3.8, 4) is 5.75 Å². The Hall–Kier alpha value is -1.07. The summed E-state index contributed by atoms with van der Waals surface area (Å²) >= 11 is 3.43. The number of carboxylic acids is 1. The Labute approximate surface area is 127 Å². The lowest BCUT2D eigenvalue weighted by molar-refractivity contribution is -0.142. The number of hydrogen-bond acceptors (Lipinski definition) is 3. The van der Waals surface area contributed by atoms with Gasteiger partial charge < -0.3 is 15.2 Å². The molecule has 1 aliphatic carbocycles. The number of nitrogens with one attached hydrogen (secondary N) is 1. The zero-order valence-corrected chi connectivity index (χ0v) is 13.1. The van der Waals surface area contributed by atoms with E-state index < -0.39 is 5.97 Å². The molecule has 0 amide bonds. The second kappa shape index (κ2) is 7.09. The zero-order valence-electron chi connectivity index (χ0n) is 11.6. The molecule has 0 heterocycles. The van der Waals surface area contributed by atoms with E-state index in [0.717, 1.165) is 48.0 Å². The molecule has 0 spiro atoms. The van der Waals surface area contributed by atoms with E-state index in [1.807, 2.05) is 18.2 Å². The molecule has 4 nitrogen and oxygen atoms in total. The lowest BCUT2D eigenvalue weighted by atomic mass is 9.86. The van der Waals surface area contributed by atoms with Gasteiger partial charge in [0.2, 0.25) is 0 Å². The molecule has 0 unspecified atom stereocenters. The summed E-state index contributed by atoms with van der Waals surface area (Å²) in [6, 6.07) is 6.40. The second-order valence-electron chi connectivity index (χ2n) is 5.22. The molecule has 0 radical (unpaired) electrons. The van der Waals surface area contributed by atoms with Crippen LogP contribution in [0.5, 0.6) is 5.75 Å². The molecule has 1 aliphatic rings. The quantitative estimate of drug-likeness (QED) is 0.863. The average Bonchev–Trinajstić information content (AvgIpc) is 2.46. The Morgan fingerprint density at radius 3 is 2.70 bits per heavy atom. The molecule has 0 saturated heterocycles. The van der Waals surface area contributed by atoms with Crippen molar-refractivity contribution in [1.29, 1.82) is 0 Å². The molecule has 0 aliphatic heterocycles. The number of carboxylic acid groups (broad SMARTS) is 1. The van der Waals surface area contributed by atoms with Gasteiger partial charge in [-0.1, -0.05) is 22.0 Å². The SMILES string of the molecule is COc1cc(Br)ccc1CNC1CCC(C(=O)O)CC1. The first-order valence-corrected chi connectivity index (χ1v) is 7.68. The maximum Gasteiger partial charge on any atom is 0.306 e. The van der Waals surface area contributed by atoms with Crippen molar-refractivity contribution in [2.24, 2.45) is 5.92 Å². The number of ether oxygens (including phenoxy) is 1. The van der Waals surface area contributed by atoms with E-state index >= 15 is 0 Å². The van der Waals surface area contributed by atoms with Crippen molar-refractivity contribution >= 4 is 21.9 Å². The van der Waals surface area contributed by atoms with Crippen LogP contribution in [0.15, 0.2) is 22.7 Å². The van der Waals surface area contributed by atoms with Gasteiger partial charge in [0.15, 0.2) is 0 Å². The maximum absolute atomic E-state index is 10.9. The van der Waals surface area contributed by atoms with E-state index in [-0.39, 0.29) is 5.92 Å². The summed E-state index contributed by atoms with van der Waals surface area (Å²) in [5, 5.41) is 12.5. The molecule has 0 bridgehead atoms. The first-order chi connectivity index (χ1) is 9.60. The van der Waals surface area contributed by atoms with Gasteiger partial charge in [-0.2, -0.15) is 0 Å². The van der Waals surface area contributed by atoms with Crippen LogP contribution in [0.3, 0.4) is 0 Å². The summed E-state index contributed by atoms with van der Waals surface area (Å²) in [5.41, 5.74) is 1.12. The second-order valence-corrected chi connectivity index (χ2v) is 6.14. The standard InChI is InChI=1S/C15H20BrNO3/c1-20-14-8-12(16)5-2-11(14)9-17-13-6-3-10(4-7-13)15(18)19/h2,5,8,10,13,17H,3-4,6-7,9H2,1H3,(H,18,19). The van der Waals surface area contributed by atoms with Crippen LogP contribution in [-0.2, 0) is 11.3 Å². The molecule has 20 heavy (non-hydrogen) atoms. The Morgan fingerprint density at radius 2 is 2.10 bits per heavy atom. The minimum Gasteiger partial charge on any atom is -0.496 e. The van der Waals surface area contributed by atoms with Crippen LogP contribution >= 0.6 is 15.9 Å². The van der Waals surface area contributed by atoms with Crippen molar-refractivity contribution in [3.63, 3.8) is 0 Å². The first-order valence-electron chi connectivity index (χ1n) is 6.88. The smallest absolute Gasteiger partial charge is 0.306 e. The monoisotopic (exact) mass is 341 g/mol. The Balaban J connectivity index is 1.86. The van der Waals surface area contributed by atoms with Crippen LogP contribution in [0.1, 0.15) is 31.2 Å². The third-order valence-corrected chi connectivity index (χ3v) is 4.40. The Morgan fingerprint density at radius 1 is 1.40 bits per heavy atom. The zero-order chi connectivity index (χ0) is 14.5. The van der Waals surface area contributed by atoms with Crippen LogP contribution in [0, 0.1) is 5.92 Å². The van der Waals surface area contributed by atoms with Gasteiger partial charge in [-0.25, -0.2) is 0 Å². The fourth-order valence-corrected chi connectivity index (χ4v) is 3.00. The number of methoxy groups -OCH3 is 1. The summed E-state index contributed by atoms with van der Waals surface area (Å²) in [7, 11) is 1.67. The molecule has 1 aromatic carbocycles. The van der Waals surface area contributed by atoms with E-state index in [0.29, 0.717) is 6.04 Å². The van der Waals surface area contributed by atoms with Crippen molar-refractivity contribution in [2.75, 3.05) is 7.11 Å². The van der Waals surface area contributed by atoms with E-state index in [9.17, 15) is 4.79 Å². The fourth-order valence-electron chi connectivity index (χ4n) is 2.66. The lowest BCUT2D eigenvalue weighted by Gasteiger charge is -2.27. The third-order valence-electron chi connectivity index (χ3n) is 3.91. The first kappa shape index (κ1) is 15.3. The highest BCUT2D eigenvalue weighted by Crippen LogP contribution is 2.26. The van der Waals surface area contributed by atoms with E-state index in [2.05, 4.69) is 21.2 Å². The van der Waals surface area contributed by atoms with Crippen molar-refractivity contribution in [2.45, 2.75) is 38.3 Å². The highest BCUT2D eigenvalue weighted by atomic mass is 79.9. The molecule has 2 rings (SSSR count). The van der Waals surface area contributed by atoms with Gasteiger partial charge in [0.05, 0.1) is 13.0 Å². The fraction of sp³-hybridized carbons (Fsp3) is 0.533. The normalized spacial score (nSPS) is 22.5. The van der Waals surface area contributed by atoms with Gasteiger partial charge in [0.1, 0.15) is 5.75 Å². The molecule has 0 atom stereocenters. The van der Waals surface area contributed by atoms with Crippen LogP contribution < -0.4 is 10.1 Å². The van der Waals surface area contributed by atoms with Gasteiger partial charge in [0.25, 0.3) is 0 Å². The molecule has 1 saturated carbocycles. The Bertz CT molecular complexity index is 470. The minimum atomic E-state index is -0.655. The van der Waals surface area contributed by atoms with Crippen LogP contribution in [0.4, 0.5) is 0 Å². The summed E-state index contributed by atoms with van der Waals surface area (Å²) in [4.78, 5) is 10.9. The van der Waals surface area contributed by atoms with Crippen molar-refractivity contribution in [3.05, 3.63) is 28.2 Å². The molecule has 110 valence electrons. The van der Waals surface area contributed by atoms with E-state index in [4.69, 9.17) is 9.84 Å². The topological polar surface area (TPSA) is 58.6 Å². The largest absolute Gasteiger partial charge is 0.496 e. The van der Waals surface area contributed by atoms with Crippen LogP contribution in [-0.4, -0.2) is 24.2 Å². The van der Waals surface area contributed by atoms with E-state index in [1.54, 1.807) is 7.11 Å². The van der Waals surface area contributed by atoms with Gasteiger partial charge in [-0.3, -0.25) is 4.79 Å². The average molecular weight is 342 g/mol. The predicted molar refractivity (Wildman–Crippen MR) is 80.9 cm³/mol. The molecule has 2 N–H and O–H groups in total. The number of rotatable bonds is 5. The number of halogens is 1. The molecular formula is C15H20BrNO3. The third kappa shape index (κ3) is 3.96. The molecule has 1 fully saturated rings. The van der Waals surface area contributed by atoms with Gasteiger partial charge >= 0.3 is 5.97 Å². The predicted octanol–water partition coefficient (Wildman–Crippen LogP) is 3.19. The molecular weight excluding hydrogens is 322 g/mol. The summed E-state index contributed by atoms with van der Waals surface area (Å²) in [6.07, 6.45) is 3.39. The molecule has 5 heteroatoms. The van der Waals surface area contributed by atoms with Gasteiger partial charge in [0, 0.05) is 22.6 Å². The van der Waals surface area contributed by atoms with Crippen molar-refractivity contribution in [1.82, 2.24) is 5.32 Å². The summed E-state index contributed by atoms with van der Waals surface area (Å²) < 4.78 is 6.37. The van der Waals surface area contributed by atoms with Crippen LogP contribution in [0.2, 0.25) is 0 Å². The summed E-state index contributed by atoms with van der Waals surface area (Å²) in [6.45, 7) is 0.749. The van der Waals surface area contributed by atoms with Gasteiger partial charge in [-0.15, -0.1) is 0 Å². The number of aliphatic carboxylic acids is 1. The number of carbonyl (C=O) groups is 1. The van der Waals surface area contributed by atoms with E-state index in [1.165, 1.54) is 0 Å². The highest BCUT2D eigenvalue weighted by Gasteiger charge is 2.25. The number of benzene rings is 1. The minimum absolute atomic E-state index is 0.157. The number of hydrogen-bond donors (Lipinski definition) is 2. The maximum atomic E-state index is 10.9. The molecule has 1 aromatic rings. The van der Waals surface area contributed by atoms with Gasteiger partial charge in [-0.05, 0) is 37.8 Å². The summed E-state index contributed by atoms with van der Waals surface area (Å²) in [5.74, 6) is 0.0550. The van der Waals surface area contributed by atoms with Crippen LogP contribution in [0.25, 0.3) is 0 Å². The Kier molecular flexibility index (Phi) is 5.43. The van der Waals surface area contributed by atoms with Crippen molar-refractivity contribution < 1.29 is 14.6 Å². The highest BCUT2D eigenvalue weighted by molar-refractivity contribution is 9.10. The lowest BCUT2D eigenvalue weighted by Crippen LogP contribution is -2.34.